The van der Waals surface area contributed by atoms with Gasteiger partial charge in [-0.15, -0.1) is 0 Å². The number of aromatic hydroxyl groups is 1. The number of carboxylic acids is 2. The Morgan fingerprint density at radius 3 is 2.29 bits per heavy atom. The summed E-state index contributed by atoms with van der Waals surface area (Å²) in [5, 5.41) is 33.2. The predicted molar refractivity (Wildman–Crippen MR) is 123 cm³/mol. The molecule has 7 N–H and O–H groups in total. The van der Waals surface area contributed by atoms with E-state index >= 15 is 0 Å². The lowest BCUT2D eigenvalue weighted by Gasteiger charge is -2.42. The van der Waals surface area contributed by atoms with Gasteiger partial charge in [0.1, 0.15) is 23.6 Å². The van der Waals surface area contributed by atoms with E-state index in [0.717, 1.165) is 4.90 Å². The first-order chi connectivity index (χ1) is 16.7. The third-order valence-corrected chi connectivity index (χ3v) is 5.37. The molecule has 3 unspecified atom stereocenters. The molecule has 0 aromatic heterocycles. The van der Waals surface area contributed by atoms with Crippen LogP contribution in [0.2, 0.25) is 0 Å². The molecule has 1 aliphatic rings. The van der Waals surface area contributed by atoms with Crippen LogP contribution in [-0.4, -0.2) is 75.8 Å². The second-order valence-electron chi connectivity index (χ2n) is 7.90. The van der Waals surface area contributed by atoms with Gasteiger partial charge in [0.25, 0.3) is 0 Å². The monoisotopic (exact) mass is 486 g/mol. The molecule has 186 valence electrons. The number of carboxylic acid groups (broad SMARTS) is 2. The normalized spacial score (nSPS) is 16.5. The summed E-state index contributed by atoms with van der Waals surface area (Å²) in [5.41, 5.74) is 6.37. The van der Waals surface area contributed by atoms with Gasteiger partial charge in [-0.25, -0.2) is 4.79 Å². The lowest BCUT2D eigenvalue weighted by Crippen LogP contribution is -2.65. The summed E-state index contributed by atoms with van der Waals surface area (Å²) < 4.78 is 5.43. The molecule has 0 bridgehead atoms. The standard InChI is InChI=1S/C23H26N4O8/c24-17(22(31)32)9-10-35-16-7-3-14(4-8-16)25-11-19(29)26-18-12-27(21(18)30)20(23(33)34)13-1-5-15(28)6-2-13/h1-8,17-18,20,25,28H,9-12,24H2,(H,26,29)(H,31,32)(H,33,34). The van der Waals surface area contributed by atoms with E-state index in [1.54, 1.807) is 24.3 Å². The highest BCUT2D eigenvalue weighted by Crippen LogP contribution is 2.28. The minimum atomic E-state index is -1.22. The largest absolute Gasteiger partial charge is 0.508 e. The van der Waals surface area contributed by atoms with E-state index in [9.17, 15) is 29.4 Å². The zero-order valence-corrected chi connectivity index (χ0v) is 18.6. The molecule has 0 aliphatic carbocycles. The van der Waals surface area contributed by atoms with Gasteiger partial charge in [-0.2, -0.15) is 0 Å². The molecule has 2 aromatic rings. The van der Waals surface area contributed by atoms with Gasteiger partial charge in [0.15, 0.2) is 6.04 Å². The van der Waals surface area contributed by atoms with Crippen molar-refractivity contribution in [2.45, 2.75) is 24.5 Å². The lowest BCUT2D eigenvalue weighted by molar-refractivity contribution is -0.160. The number of likely N-dealkylation sites (tertiary alicyclic amines) is 1. The van der Waals surface area contributed by atoms with Crippen molar-refractivity contribution in [2.24, 2.45) is 5.73 Å². The molecule has 0 spiro atoms. The molecule has 3 atom stereocenters. The number of hydrogen-bond donors (Lipinski definition) is 6. The van der Waals surface area contributed by atoms with Crippen molar-refractivity contribution in [3.8, 4) is 11.5 Å². The third-order valence-electron chi connectivity index (χ3n) is 5.37. The maximum Gasteiger partial charge on any atom is 0.331 e. The Morgan fingerprint density at radius 2 is 1.71 bits per heavy atom. The van der Waals surface area contributed by atoms with Crippen molar-refractivity contribution in [1.29, 1.82) is 0 Å². The molecule has 12 nitrogen and oxygen atoms in total. The van der Waals surface area contributed by atoms with Gasteiger partial charge in [-0.1, -0.05) is 12.1 Å². The van der Waals surface area contributed by atoms with E-state index in [0.29, 0.717) is 17.0 Å². The molecule has 1 aliphatic heterocycles. The van der Waals surface area contributed by atoms with Crippen molar-refractivity contribution in [3.05, 3.63) is 54.1 Å². The third kappa shape index (κ3) is 6.60. The Morgan fingerprint density at radius 1 is 1.06 bits per heavy atom. The summed E-state index contributed by atoms with van der Waals surface area (Å²) in [7, 11) is 0. The molecular weight excluding hydrogens is 460 g/mol. The minimum Gasteiger partial charge on any atom is -0.508 e. The topological polar surface area (TPSA) is 192 Å². The number of nitrogens with zero attached hydrogens (tertiary/aromatic N) is 1. The fraction of sp³-hybridized carbons (Fsp3) is 0.304. The van der Waals surface area contributed by atoms with E-state index in [1.807, 2.05) is 0 Å². The van der Waals surface area contributed by atoms with Crippen molar-refractivity contribution in [3.63, 3.8) is 0 Å². The highest BCUT2D eigenvalue weighted by Gasteiger charge is 2.44. The summed E-state index contributed by atoms with van der Waals surface area (Å²) in [6.07, 6.45) is 0.162. The average Bonchev–Trinajstić information content (AvgIpc) is 2.83. The Bertz CT molecular complexity index is 1070. The molecule has 0 radical (unpaired) electrons. The first kappa shape index (κ1) is 25.3. The summed E-state index contributed by atoms with van der Waals surface area (Å²) in [6.45, 7) is 0.0717. The van der Waals surface area contributed by atoms with Crippen LogP contribution in [-0.2, 0) is 19.2 Å². The van der Waals surface area contributed by atoms with Crippen LogP contribution in [0, 0.1) is 0 Å². The molecule has 3 rings (SSSR count). The molecular formula is C23H26N4O8. The smallest absolute Gasteiger partial charge is 0.331 e. The zero-order chi connectivity index (χ0) is 25.5. The van der Waals surface area contributed by atoms with Crippen LogP contribution in [0.1, 0.15) is 18.0 Å². The first-order valence-electron chi connectivity index (χ1n) is 10.7. The summed E-state index contributed by atoms with van der Waals surface area (Å²) in [5.74, 6) is -2.77. The molecule has 2 amide bonds. The van der Waals surface area contributed by atoms with Gasteiger partial charge in [-0.3, -0.25) is 14.4 Å². The van der Waals surface area contributed by atoms with Crippen molar-refractivity contribution in [2.75, 3.05) is 25.0 Å². The van der Waals surface area contributed by atoms with Crippen LogP contribution in [0.3, 0.4) is 0 Å². The molecule has 1 heterocycles. The first-order valence-corrected chi connectivity index (χ1v) is 10.7. The second kappa shape index (κ2) is 11.2. The van der Waals surface area contributed by atoms with Gasteiger partial charge >= 0.3 is 11.9 Å². The zero-order valence-electron chi connectivity index (χ0n) is 18.6. The van der Waals surface area contributed by atoms with Crippen LogP contribution in [0.15, 0.2) is 48.5 Å². The minimum absolute atomic E-state index is 0.0203. The Labute approximate surface area is 200 Å². The number of carbonyl (C=O) groups excluding carboxylic acids is 2. The molecule has 35 heavy (non-hydrogen) atoms. The number of anilines is 1. The quantitative estimate of drug-likeness (QED) is 0.225. The van der Waals surface area contributed by atoms with Crippen LogP contribution in [0.5, 0.6) is 11.5 Å². The highest BCUT2D eigenvalue weighted by molar-refractivity contribution is 5.96. The summed E-state index contributed by atoms with van der Waals surface area (Å²) in [6, 6.07) is 9.15. The van der Waals surface area contributed by atoms with E-state index in [2.05, 4.69) is 10.6 Å². The number of phenolic OH excluding ortho intramolecular Hbond substituents is 1. The predicted octanol–water partition coefficient (Wildman–Crippen LogP) is 0.138. The van der Waals surface area contributed by atoms with Crippen LogP contribution in [0.25, 0.3) is 0 Å². The number of ether oxygens (including phenoxy) is 1. The maximum atomic E-state index is 12.5. The van der Waals surface area contributed by atoms with Gasteiger partial charge in [-0.05, 0) is 42.0 Å². The Hall–Kier alpha value is -4.32. The molecule has 2 aromatic carbocycles. The van der Waals surface area contributed by atoms with E-state index in [4.69, 9.17) is 15.6 Å². The van der Waals surface area contributed by atoms with E-state index in [-0.39, 0.29) is 31.9 Å². The van der Waals surface area contributed by atoms with Crippen LogP contribution >= 0.6 is 0 Å². The summed E-state index contributed by atoms with van der Waals surface area (Å²) >= 11 is 0. The number of benzene rings is 2. The van der Waals surface area contributed by atoms with Crippen molar-refractivity contribution >= 4 is 29.4 Å². The maximum absolute atomic E-state index is 12.5. The number of phenols is 1. The van der Waals surface area contributed by atoms with Gasteiger partial charge in [0.2, 0.25) is 11.8 Å². The van der Waals surface area contributed by atoms with Crippen molar-refractivity contribution < 1.29 is 39.2 Å². The number of carbonyl (C=O) groups is 4. The Balaban J connectivity index is 1.43. The van der Waals surface area contributed by atoms with E-state index in [1.165, 1.54) is 24.3 Å². The molecule has 12 heteroatoms. The fourth-order valence-corrected chi connectivity index (χ4v) is 3.43. The number of nitrogens with one attached hydrogen (secondary N) is 2. The average molecular weight is 486 g/mol. The number of hydrogen-bond acceptors (Lipinski definition) is 8. The van der Waals surface area contributed by atoms with Crippen LogP contribution < -0.4 is 21.1 Å². The van der Waals surface area contributed by atoms with E-state index < -0.39 is 41.9 Å². The van der Waals surface area contributed by atoms with Gasteiger partial charge in [0, 0.05) is 12.1 Å². The van der Waals surface area contributed by atoms with Crippen LogP contribution in [0.4, 0.5) is 5.69 Å². The van der Waals surface area contributed by atoms with Gasteiger partial charge in [0.05, 0.1) is 19.7 Å². The number of rotatable bonds is 12. The highest BCUT2D eigenvalue weighted by atomic mass is 16.5. The summed E-state index contributed by atoms with van der Waals surface area (Å²) in [4.78, 5) is 48.3. The number of nitrogens with two attached hydrogens (primary N) is 1. The number of amides is 2. The van der Waals surface area contributed by atoms with Gasteiger partial charge < -0.3 is 41.3 Å². The SMILES string of the molecule is NC(CCOc1ccc(NCC(=O)NC2CN(C(C(=O)O)c3ccc(O)cc3)C2=O)cc1)C(=O)O. The fourth-order valence-electron chi connectivity index (χ4n) is 3.43. The number of β-lactam (4-membered cyclic amide) rings is 1. The molecule has 0 saturated carbocycles. The van der Waals surface area contributed by atoms with Crippen molar-refractivity contribution in [1.82, 2.24) is 10.2 Å². The molecule has 1 fully saturated rings. The molecule has 1 saturated heterocycles. The second-order valence-corrected chi connectivity index (χ2v) is 7.90. The lowest BCUT2D eigenvalue weighted by atomic mass is 9.98. The Kier molecular flexibility index (Phi) is 8.10. The number of aliphatic carboxylic acids is 2.